The number of nitrogens with zero attached hydrogens (tertiary/aromatic N) is 3. The number of carboxylic acids is 1. The number of likely N-dealkylation sites (tertiary alicyclic amines) is 1. The Labute approximate surface area is 126 Å². The summed E-state index contributed by atoms with van der Waals surface area (Å²) < 4.78 is 0. The van der Waals surface area contributed by atoms with Gasteiger partial charge in [-0.3, -0.25) is 4.90 Å². The van der Waals surface area contributed by atoms with E-state index in [4.69, 9.17) is 0 Å². The van der Waals surface area contributed by atoms with Crippen LogP contribution in [0.1, 0.15) is 42.7 Å². The van der Waals surface area contributed by atoms with Crippen molar-refractivity contribution in [2.75, 3.05) is 31.6 Å². The topological polar surface area (TPSA) is 56.7 Å². The van der Waals surface area contributed by atoms with E-state index in [2.05, 4.69) is 21.7 Å². The summed E-state index contributed by atoms with van der Waals surface area (Å²) in [5.41, 5.74) is 1.15. The van der Waals surface area contributed by atoms with Crippen molar-refractivity contribution in [2.24, 2.45) is 0 Å². The van der Waals surface area contributed by atoms with Crippen LogP contribution in [-0.2, 0) is 6.42 Å². The summed E-state index contributed by atoms with van der Waals surface area (Å²) in [4.78, 5) is 20.4. The van der Waals surface area contributed by atoms with Gasteiger partial charge in [-0.15, -0.1) is 0 Å². The van der Waals surface area contributed by atoms with E-state index in [-0.39, 0.29) is 0 Å². The summed E-state index contributed by atoms with van der Waals surface area (Å²) in [5.74, 6) is -0.132. The quantitative estimate of drug-likeness (QED) is 0.871. The number of carbonyl (C=O) groups is 1. The average molecular weight is 291 g/mol. The summed E-state index contributed by atoms with van der Waals surface area (Å²) in [5, 5.41) is 9.22. The first-order chi connectivity index (χ1) is 10.0. The maximum atomic E-state index is 11.2. The van der Waals surface area contributed by atoms with Gasteiger partial charge < -0.3 is 10.0 Å². The normalized spacial score (nSPS) is 18.9. The van der Waals surface area contributed by atoms with Gasteiger partial charge in [0.15, 0.2) is 0 Å². The summed E-state index contributed by atoms with van der Waals surface area (Å²) in [7, 11) is 2.00. The molecule has 2 heterocycles. The number of aromatic carboxylic acids is 1. The van der Waals surface area contributed by atoms with Crippen molar-refractivity contribution in [3.8, 4) is 0 Å². The Kier molecular flexibility index (Phi) is 5.17. The number of hydrogen-bond acceptors (Lipinski definition) is 4. The second kappa shape index (κ2) is 6.89. The molecule has 0 spiro atoms. The Bertz CT molecular complexity index is 504. The molecule has 0 amide bonds. The number of rotatable bonds is 6. The molecular formula is C16H25N3O2. The van der Waals surface area contributed by atoms with Crippen molar-refractivity contribution in [1.29, 1.82) is 0 Å². The van der Waals surface area contributed by atoms with Gasteiger partial charge in [0.25, 0.3) is 0 Å². The van der Waals surface area contributed by atoms with Crippen LogP contribution >= 0.6 is 0 Å². The standard InChI is InChI=1S/C16H25N3O2/c1-4-13-9-12(16(20)21)10-15(17-13)18(3)11-14-7-6-8-19(14)5-2/h9-10,14H,4-8,11H2,1-3H3,(H,20,21). The summed E-state index contributed by atoms with van der Waals surface area (Å²) in [6.07, 6.45) is 3.19. The second-order valence-corrected chi connectivity index (χ2v) is 5.67. The molecule has 21 heavy (non-hydrogen) atoms. The lowest BCUT2D eigenvalue weighted by Crippen LogP contribution is -2.39. The zero-order valence-corrected chi connectivity index (χ0v) is 13.2. The molecule has 1 saturated heterocycles. The molecule has 0 bridgehead atoms. The van der Waals surface area contributed by atoms with Gasteiger partial charge in [0.05, 0.1) is 5.56 Å². The van der Waals surface area contributed by atoms with Crippen molar-refractivity contribution in [2.45, 2.75) is 39.2 Å². The minimum absolute atomic E-state index is 0.322. The van der Waals surface area contributed by atoms with Gasteiger partial charge in [0, 0.05) is 25.3 Å². The molecule has 5 heteroatoms. The van der Waals surface area contributed by atoms with E-state index in [1.807, 2.05) is 14.0 Å². The maximum absolute atomic E-state index is 11.2. The summed E-state index contributed by atoms with van der Waals surface area (Å²) >= 11 is 0. The third-order valence-corrected chi connectivity index (χ3v) is 4.26. The zero-order chi connectivity index (χ0) is 15.4. The summed E-state index contributed by atoms with van der Waals surface area (Å²) in [6.45, 7) is 7.32. The van der Waals surface area contributed by atoms with Gasteiger partial charge in [0.1, 0.15) is 5.82 Å². The van der Waals surface area contributed by atoms with Gasteiger partial charge in [-0.2, -0.15) is 0 Å². The molecule has 2 rings (SSSR count). The molecule has 1 aromatic rings. The summed E-state index contributed by atoms with van der Waals surface area (Å²) in [6, 6.07) is 3.88. The van der Waals surface area contributed by atoms with Crippen LogP contribution in [0.25, 0.3) is 0 Å². The fourth-order valence-electron chi connectivity index (χ4n) is 3.00. The molecular weight excluding hydrogens is 266 g/mol. The Morgan fingerprint density at radius 3 is 2.86 bits per heavy atom. The average Bonchev–Trinajstić information content (AvgIpc) is 2.93. The largest absolute Gasteiger partial charge is 0.478 e. The van der Waals surface area contributed by atoms with Gasteiger partial charge >= 0.3 is 5.97 Å². The molecule has 1 fully saturated rings. The van der Waals surface area contributed by atoms with Crippen molar-refractivity contribution in [3.63, 3.8) is 0 Å². The van der Waals surface area contributed by atoms with E-state index in [1.54, 1.807) is 12.1 Å². The van der Waals surface area contributed by atoms with Crippen LogP contribution in [0.15, 0.2) is 12.1 Å². The zero-order valence-electron chi connectivity index (χ0n) is 13.2. The minimum Gasteiger partial charge on any atom is -0.478 e. The van der Waals surface area contributed by atoms with E-state index in [9.17, 15) is 9.90 Å². The monoisotopic (exact) mass is 291 g/mol. The molecule has 1 atom stereocenters. The van der Waals surface area contributed by atoms with E-state index < -0.39 is 5.97 Å². The highest BCUT2D eigenvalue weighted by atomic mass is 16.4. The van der Waals surface area contributed by atoms with Gasteiger partial charge in [-0.1, -0.05) is 13.8 Å². The fourth-order valence-corrected chi connectivity index (χ4v) is 3.00. The number of pyridine rings is 1. The molecule has 1 unspecified atom stereocenters. The molecule has 1 aliphatic rings. The molecule has 0 aromatic carbocycles. The van der Waals surface area contributed by atoms with Gasteiger partial charge in [-0.25, -0.2) is 9.78 Å². The number of carboxylic acid groups (broad SMARTS) is 1. The van der Waals surface area contributed by atoms with E-state index in [0.29, 0.717) is 11.6 Å². The SMILES string of the molecule is CCc1cc(C(=O)O)cc(N(C)CC2CCCN2CC)n1. The van der Waals surface area contributed by atoms with Crippen LogP contribution in [0.3, 0.4) is 0 Å². The number of hydrogen-bond donors (Lipinski definition) is 1. The third-order valence-electron chi connectivity index (χ3n) is 4.26. The maximum Gasteiger partial charge on any atom is 0.335 e. The van der Waals surface area contributed by atoms with Crippen LogP contribution in [0, 0.1) is 0 Å². The highest BCUT2D eigenvalue weighted by molar-refractivity contribution is 5.88. The third kappa shape index (κ3) is 3.73. The molecule has 116 valence electrons. The lowest BCUT2D eigenvalue weighted by atomic mass is 10.1. The highest BCUT2D eigenvalue weighted by Gasteiger charge is 2.24. The molecule has 5 nitrogen and oxygen atoms in total. The molecule has 1 aromatic heterocycles. The lowest BCUT2D eigenvalue weighted by molar-refractivity contribution is 0.0696. The van der Waals surface area contributed by atoms with E-state index in [1.165, 1.54) is 12.8 Å². The molecule has 1 N–H and O–H groups in total. The molecule has 0 aliphatic carbocycles. The Morgan fingerprint density at radius 1 is 1.48 bits per heavy atom. The Hall–Kier alpha value is -1.62. The molecule has 0 saturated carbocycles. The lowest BCUT2D eigenvalue weighted by Gasteiger charge is -2.28. The number of aryl methyl sites for hydroxylation is 1. The molecule has 0 radical (unpaired) electrons. The van der Waals surface area contributed by atoms with Crippen LogP contribution in [0.5, 0.6) is 0 Å². The van der Waals surface area contributed by atoms with Gasteiger partial charge in [-0.05, 0) is 44.5 Å². The minimum atomic E-state index is -0.891. The van der Waals surface area contributed by atoms with Crippen LogP contribution in [-0.4, -0.2) is 53.7 Å². The van der Waals surface area contributed by atoms with E-state index >= 15 is 0 Å². The van der Waals surface area contributed by atoms with Crippen LogP contribution in [0.4, 0.5) is 5.82 Å². The van der Waals surface area contributed by atoms with Crippen LogP contribution < -0.4 is 4.90 Å². The first kappa shape index (κ1) is 15.8. The highest BCUT2D eigenvalue weighted by Crippen LogP contribution is 2.21. The number of likely N-dealkylation sites (N-methyl/N-ethyl adjacent to an activating group) is 2. The predicted molar refractivity (Wildman–Crippen MR) is 84.1 cm³/mol. The fraction of sp³-hybridized carbons (Fsp3) is 0.625. The number of anilines is 1. The Balaban J connectivity index is 2.16. The van der Waals surface area contributed by atoms with E-state index in [0.717, 1.165) is 37.6 Å². The second-order valence-electron chi connectivity index (χ2n) is 5.67. The Morgan fingerprint density at radius 2 is 2.24 bits per heavy atom. The first-order valence-corrected chi connectivity index (χ1v) is 7.74. The molecule has 1 aliphatic heterocycles. The smallest absolute Gasteiger partial charge is 0.335 e. The van der Waals surface area contributed by atoms with Gasteiger partial charge in [0.2, 0.25) is 0 Å². The van der Waals surface area contributed by atoms with Crippen LogP contribution in [0.2, 0.25) is 0 Å². The predicted octanol–water partition coefficient (Wildman–Crippen LogP) is 2.26. The first-order valence-electron chi connectivity index (χ1n) is 7.74. The van der Waals surface area contributed by atoms with Crippen molar-refractivity contribution >= 4 is 11.8 Å². The van der Waals surface area contributed by atoms with Crippen molar-refractivity contribution in [1.82, 2.24) is 9.88 Å². The van der Waals surface area contributed by atoms with Crippen molar-refractivity contribution < 1.29 is 9.90 Å². The van der Waals surface area contributed by atoms with Crippen molar-refractivity contribution in [3.05, 3.63) is 23.4 Å². The number of aromatic nitrogens is 1.